The van der Waals surface area contributed by atoms with Crippen LogP contribution in [-0.2, 0) is 4.79 Å². The Hall–Kier alpha value is -1.55. The molecule has 0 aliphatic carbocycles. The van der Waals surface area contributed by atoms with Gasteiger partial charge in [0.2, 0.25) is 0 Å². The largest absolute Gasteiger partial charge is 0.484 e. The summed E-state index contributed by atoms with van der Waals surface area (Å²) in [5.41, 5.74) is -0.0289. The van der Waals surface area contributed by atoms with E-state index < -0.39 is 0 Å². The lowest BCUT2D eigenvalue weighted by Crippen LogP contribution is -2.48. The van der Waals surface area contributed by atoms with E-state index in [9.17, 15) is 4.79 Å². The zero-order chi connectivity index (χ0) is 13.7. The summed E-state index contributed by atoms with van der Waals surface area (Å²) in [6.07, 6.45) is 0.987. The van der Waals surface area contributed by atoms with E-state index in [1.807, 2.05) is 35.2 Å². The number of nitrogens with one attached hydrogen (secondary N) is 1. The number of carbonyl (C=O) groups is 1. The predicted octanol–water partition coefficient (Wildman–Crippen LogP) is 1.67. The number of hydrogen-bond donors (Lipinski definition) is 1. The maximum atomic E-state index is 12.2. The van der Waals surface area contributed by atoms with Crippen LogP contribution in [0.5, 0.6) is 5.75 Å². The van der Waals surface area contributed by atoms with Crippen molar-refractivity contribution in [1.29, 1.82) is 0 Å². The number of para-hydroxylation sites is 1. The van der Waals surface area contributed by atoms with Gasteiger partial charge in [-0.05, 0) is 38.9 Å². The van der Waals surface area contributed by atoms with Crippen molar-refractivity contribution in [1.82, 2.24) is 10.2 Å². The number of rotatable bonds is 3. The van der Waals surface area contributed by atoms with E-state index in [2.05, 4.69) is 19.2 Å². The summed E-state index contributed by atoms with van der Waals surface area (Å²) in [7, 11) is 0. The van der Waals surface area contributed by atoms with Crippen molar-refractivity contribution in [2.75, 3.05) is 26.2 Å². The van der Waals surface area contributed by atoms with Crippen LogP contribution >= 0.6 is 0 Å². The molecule has 104 valence electrons. The van der Waals surface area contributed by atoms with Crippen molar-refractivity contribution in [2.24, 2.45) is 0 Å². The quantitative estimate of drug-likeness (QED) is 0.901. The highest BCUT2D eigenvalue weighted by Crippen LogP contribution is 2.12. The molecule has 1 aromatic rings. The van der Waals surface area contributed by atoms with E-state index in [0.29, 0.717) is 0 Å². The van der Waals surface area contributed by atoms with E-state index >= 15 is 0 Å². The van der Waals surface area contributed by atoms with Gasteiger partial charge in [-0.3, -0.25) is 4.79 Å². The van der Waals surface area contributed by atoms with Crippen LogP contribution in [0.3, 0.4) is 0 Å². The van der Waals surface area contributed by atoms with Gasteiger partial charge in [0.05, 0.1) is 0 Å². The minimum Gasteiger partial charge on any atom is -0.484 e. The summed E-state index contributed by atoms with van der Waals surface area (Å²) in [4.78, 5) is 14.1. The summed E-state index contributed by atoms with van der Waals surface area (Å²) in [6, 6.07) is 9.46. The molecule has 4 heteroatoms. The molecule has 0 radical (unpaired) electrons. The topological polar surface area (TPSA) is 41.6 Å². The Bertz CT molecular complexity index is 417. The van der Waals surface area contributed by atoms with Gasteiger partial charge in [-0.1, -0.05) is 18.2 Å². The number of amides is 1. The van der Waals surface area contributed by atoms with E-state index in [1.165, 1.54) is 0 Å². The average Bonchev–Trinajstić information content (AvgIpc) is 2.58. The molecule has 1 fully saturated rings. The minimum atomic E-state index is -0.0289. The molecule has 2 rings (SSSR count). The fourth-order valence-corrected chi connectivity index (χ4v) is 2.27. The van der Waals surface area contributed by atoms with Gasteiger partial charge >= 0.3 is 0 Å². The Kier molecular flexibility index (Phi) is 4.43. The fourth-order valence-electron chi connectivity index (χ4n) is 2.27. The number of carbonyl (C=O) groups excluding carboxylic acids is 1. The summed E-state index contributed by atoms with van der Waals surface area (Å²) >= 11 is 0. The molecule has 0 spiro atoms. The van der Waals surface area contributed by atoms with Gasteiger partial charge < -0.3 is 15.0 Å². The maximum Gasteiger partial charge on any atom is 0.260 e. The van der Waals surface area contributed by atoms with Crippen molar-refractivity contribution in [3.63, 3.8) is 0 Å². The first-order chi connectivity index (χ1) is 9.07. The average molecular weight is 262 g/mol. The van der Waals surface area contributed by atoms with Crippen molar-refractivity contribution in [2.45, 2.75) is 25.8 Å². The number of nitrogens with zero attached hydrogens (tertiary/aromatic N) is 1. The smallest absolute Gasteiger partial charge is 0.260 e. The van der Waals surface area contributed by atoms with Crippen LogP contribution in [0, 0.1) is 0 Å². The number of hydrogen-bond acceptors (Lipinski definition) is 3. The van der Waals surface area contributed by atoms with Crippen molar-refractivity contribution in [3.05, 3.63) is 30.3 Å². The SMILES string of the molecule is CC1(C)CN(C(=O)COc2ccccc2)CCCN1. The van der Waals surface area contributed by atoms with Crippen molar-refractivity contribution < 1.29 is 9.53 Å². The van der Waals surface area contributed by atoms with E-state index in [0.717, 1.165) is 31.8 Å². The van der Waals surface area contributed by atoms with Crippen LogP contribution in [0.4, 0.5) is 0 Å². The molecule has 0 aromatic heterocycles. The molecule has 1 aromatic carbocycles. The molecule has 0 atom stereocenters. The van der Waals surface area contributed by atoms with Crippen LogP contribution in [0.15, 0.2) is 30.3 Å². The van der Waals surface area contributed by atoms with Gasteiger partial charge in [-0.15, -0.1) is 0 Å². The number of ether oxygens (including phenoxy) is 1. The van der Waals surface area contributed by atoms with Gasteiger partial charge in [0.1, 0.15) is 5.75 Å². The van der Waals surface area contributed by atoms with Crippen molar-refractivity contribution >= 4 is 5.91 Å². The molecular formula is C15H22N2O2. The first-order valence-corrected chi connectivity index (χ1v) is 6.77. The Labute approximate surface area is 114 Å². The standard InChI is InChI=1S/C15H22N2O2/c1-15(2)12-17(10-6-9-16-15)14(18)11-19-13-7-4-3-5-8-13/h3-5,7-8,16H,6,9-12H2,1-2H3. The van der Waals surface area contributed by atoms with Crippen LogP contribution < -0.4 is 10.1 Å². The highest BCUT2D eigenvalue weighted by Gasteiger charge is 2.26. The molecule has 1 aliphatic heterocycles. The molecule has 1 saturated heterocycles. The first-order valence-electron chi connectivity index (χ1n) is 6.77. The Morgan fingerprint density at radius 1 is 1.37 bits per heavy atom. The molecule has 4 nitrogen and oxygen atoms in total. The third-order valence-corrected chi connectivity index (χ3v) is 3.25. The van der Waals surface area contributed by atoms with Crippen LogP contribution in [0.1, 0.15) is 20.3 Å². The van der Waals surface area contributed by atoms with E-state index in [4.69, 9.17) is 4.74 Å². The zero-order valence-electron chi connectivity index (χ0n) is 11.7. The molecule has 1 heterocycles. The molecular weight excluding hydrogens is 240 g/mol. The Morgan fingerprint density at radius 3 is 2.84 bits per heavy atom. The molecule has 1 N–H and O–H groups in total. The second kappa shape index (κ2) is 6.06. The molecule has 19 heavy (non-hydrogen) atoms. The third kappa shape index (κ3) is 4.24. The van der Waals surface area contributed by atoms with Crippen molar-refractivity contribution in [3.8, 4) is 5.75 Å². The normalized spacial score (nSPS) is 18.7. The van der Waals surface area contributed by atoms with Gasteiger partial charge in [0.15, 0.2) is 6.61 Å². The highest BCUT2D eigenvalue weighted by atomic mass is 16.5. The fraction of sp³-hybridized carbons (Fsp3) is 0.533. The lowest BCUT2D eigenvalue weighted by atomic mass is 10.1. The number of benzene rings is 1. The van der Waals surface area contributed by atoms with Crippen LogP contribution in [-0.4, -0.2) is 42.6 Å². The monoisotopic (exact) mass is 262 g/mol. The molecule has 1 amide bonds. The van der Waals surface area contributed by atoms with Gasteiger partial charge in [-0.2, -0.15) is 0 Å². The minimum absolute atomic E-state index is 0.0289. The maximum absolute atomic E-state index is 12.2. The van der Waals surface area contributed by atoms with Crippen LogP contribution in [0.2, 0.25) is 0 Å². The molecule has 0 saturated carbocycles. The van der Waals surface area contributed by atoms with E-state index in [-0.39, 0.29) is 18.1 Å². The predicted molar refractivity (Wildman–Crippen MR) is 75.2 cm³/mol. The molecule has 0 bridgehead atoms. The summed E-state index contributed by atoms with van der Waals surface area (Å²) in [6.45, 7) is 6.83. The molecule has 1 aliphatic rings. The highest BCUT2D eigenvalue weighted by molar-refractivity contribution is 5.77. The van der Waals surface area contributed by atoms with Gasteiger partial charge in [0, 0.05) is 18.6 Å². The Balaban J connectivity index is 1.88. The second-order valence-corrected chi connectivity index (χ2v) is 5.58. The van der Waals surface area contributed by atoms with Gasteiger partial charge in [0.25, 0.3) is 5.91 Å². The van der Waals surface area contributed by atoms with Crippen LogP contribution in [0.25, 0.3) is 0 Å². The zero-order valence-corrected chi connectivity index (χ0v) is 11.7. The summed E-state index contributed by atoms with van der Waals surface area (Å²) in [5, 5.41) is 3.44. The first kappa shape index (κ1) is 13.9. The van der Waals surface area contributed by atoms with Gasteiger partial charge in [-0.25, -0.2) is 0 Å². The molecule has 0 unspecified atom stereocenters. The lowest BCUT2D eigenvalue weighted by molar-refractivity contribution is -0.133. The van der Waals surface area contributed by atoms with E-state index in [1.54, 1.807) is 0 Å². The summed E-state index contributed by atoms with van der Waals surface area (Å²) in [5.74, 6) is 0.795. The summed E-state index contributed by atoms with van der Waals surface area (Å²) < 4.78 is 5.52. The third-order valence-electron chi connectivity index (χ3n) is 3.25. The lowest BCUT2D eigenvalue weighted by Gasteiger charge is -2.30. The Morgan fingerprint density at radius 2 is 2.11 bits per heavy atom. The second-order valence-electron chi connectivity index (χ2n) is 5.58.